The predicted octanol–water partition coefficient (Wildman–Crippen LogP) is 0.420. The van der Waals surface area contributed by atoms with Gasteiger partial charge in [0.2, 0.25) is 0 Å². The Morgan fingerprint density at radius 1 is 0.519 bits per heavy atom. The molecular formula is C16H30O11. The van der Waals surface area contributed by atoms with Crippen LogP contribution in [0.1, 0.15) is 51.4 Å². The van der Waals surface area contributed by atoms with E-state index in [4.69, 9.17) is 30.6 Å². The van der Waals surface area contributed by atoms with Gasteiger partial charge in [-0.25, -0.2) is 0 Å². The molecule has 0 amide bonds. The highest BCUT2D eigenvalue weighted by molar-refractivity contribution is 5.68. The number of ether oxygens (including phenoxy) is 1. The number of aliphatic hydroxyl groups is 2. The molecule has 0 saturated heterocycles. The van der Waals surface area contributed by atoms with Crippen molar-refractivity contribution in [1.82, 2.24) is 0 Å². The van der Waals surface area contributed by atoms with Gasteiger partial charge in [-0.3, -0.25) is 19.2 Å². The van der Waals surface area contributed by atoms with Crippen molar-refractivity contribution in [3.63, 3.8) is 0 Å². The van der Waals surface area contributed by atoms with Gasteiger partial charge in [-0.15, -0.1) is 0 Å². The number of aliphatic hydroxyl groups excluding tert-OH is 2. The Morgan fingerprint density at radius 3 is 0.889 bits per heavy atom. The van der Waals surface area contributed by atoms with E-state index in [1.807, 2.05) is 0 Å². The fraction of sp³-hybridized carbons (Fsp3) is 0.750. The fourth-order valence-electron chi connectivity index (χ4n) is 1.34. The SMILES string of the molecule is O=C(O)CCCCC(=O)O.O=C(O)CCCCC(=O)O.OCCOCCO. The smallest absolute Gasteiger partial charge is 0.303 e. The first-order valence-electron chi connectivity index (χ1n) is 8.33. The van der Waals surface area contributed by atoms with Crippen LogP contribution >= 0.6 is 0 Å². The summed E-state index contributed by atoms with van der Waals surface area (Å²) in [6.45, 7) is 0.696. The van der Waals surface area contributed by atoms with Gasteiger partial charge in [-0.2, -0.15) is 0 Å². The largest absolute Gasteiger partial charge is 0.481 e. The predicted molar refractivity (Wildman–Crippen MR) is 92.5 cm³/mol. The Morgan fingerprint density at radius 2 is 0.741 bits per heavy atom. The van der Waals surface area contributed by atoms with E-state index in [0.29, 0.717) is 38.9 Å². The van der Waals surface area contributed by atoms with Crippen LogP contribution in [0.2, 0.25) is 0 Å². The van der Waals surface area contributed by atoms with Gasteiger partial charge in [0.1, 0.15) is 0 Å². The molecular weight excluding hydrogens is 368 g/mol. The normalized spacial score (nSPS) is 9.26. The molecule has 0 aliphatic rings. The molecule has 27 heavy (non-hydrogen) atoms. The topological polar surface area (TPSA) is 199 Å². The standard InChI is InChI=1S/2C6H10O4.C4H10O3/c2*7-5(8)3-1-2-4-6(9)10;5-1-3-7-4-2-6/h2*1-4H2,(H,7,8)(H,9,10);5-6H,1-4H2. The van der Waals surface area contributed by atoms with E-state index in [2.05, 4.69) is 4.74 Å². The molecule has 0 aromatic carbocycles. The van der Waals surface area contributed by atoms with Gasteiger partial charge in [0.15, 0.2) is 0 Å². The summed E-state index contributed by atoms with van der Waals surface area (Å²) in [6.07, 6.45) is 2.04. The van der Waals surface area contributed by atoms with Crippen LogP contribution in [0.15, 0.2) is 0 Å². The maximum absolute atomic E-state index is 9.90. The van der Waals surface area contributed by atoms with Crippen LogP contribution in [0.25, 0.3) is 0 Å². The highest BCUT2D eigenvalue weighted by Gasteiger charge is 1.99. The molecule has 0 fully saturated rings. The third-order valence-electron chi connectivity index (χ3n) is 2.53. The fourth-order valence-corrected chi connectivity index (χ4v) is 1.34. The third-order valence-corrected chi connectivity index (χ3v) is 2.53. The van der Waals surface area contributed by atoms with Crippen molar-refractivity contribution in [2.45, 2.75) is 51.4 Å². The Hall–Kier alpha value is -2.24. The van der Waals surface area contributed by atoms with Gasteiger partial charge in [0, 0.05) is 25.7 Å². The molecule has 160 valence electrons. The molecule has 0 bridgehead atoms. The molecule has 6 N–H and O–H groups in total. The first kappa shape index (κ1) is 29.5. The number of carboxylic acids is 4. The van der Waals surface area contributed by atoms with Gasteiger partial charge in [-0.05, 0) is 25.7 Å². The minimum atomic E-state index is -0.870. The summed E-state index contributed by atoms with van der Waals surface area (Å²) in [4.78, 5) is 39.6. The quantitative estimate of drug-likeness (QED) is 0.221. The number of hydrogen-bond acceptors (Lipinski definition) is 7. The van der Waals surface area contributed by atoms with E-state index < -0.39 is 23.9 Å². The molecule has 0 unspecified atom stereocenters. The number of carboxylic acid groups (broad SMARTS) is 4. The lowest BCUT2D eigenvalue weighted by Gasteiger charge is -1.94. The van der Waals surface area contributed by atoms with Gasteiger partial charge in [-0.1, -0.05) is 0 Å². The zero-order chi connectivity index (χ0) is 21.5. The van der Waals surface area contributed by atoms with Crippen molar-refractivity contribution in [1.29, 1.82) is 0 Å². The summed E-state index contributed by atoms with van der Waals surface area (Å²) < 4.78 is 4.63. The zero-order valence-corrected chi connectivity index (χ0v) is 15.2. The molecule has 0 aliphatic heterocycles. The number of rotatable bonds is 14. The van der Waals surface area contributed by atoms with E-state index in [1.54, 1.807) is 0 Å². The second-order valence-corrected chi connectivity index (χ2v) is 5.05. The summed E-state index contributed by atoms with van der Waals surface area (Å²) in [7, 11) is 0. The lowest BCUT2D eigenvalue weighted by Crippen LogP contribution is -2.03. The number of unbranched alkanes of at least 4 members (excludes halogenated alkanes) is 2. The molecule has 0 aromatic heterocycles. The Balaban J connectivity index is -0.000000326. The van der Waals surface area contributed by atoms with Crippen molar-refractivity contribution in [2.24, 2.45) is 0 Å². The van der Waals surface area contributed by atoms with E-state index >= 15 is 0 Å². The minimum absolute atomic E-state index is 0.0278. The molecule has 0 rings (SSSR count). The van der Waals surface area contributed by atoms with Crippen LogP contribution in [0.5, 0.6) is 0 Å². The van der Waals surface area contributed by atoms with Crippen LogP contribution in [0.3, 0.4) is 0 Å². The van der Waals surface area contributed by atoms with Crippen LogP contribution < -0.4 is 0 Å². The second-order valence-electron chi connectivity index (χ2n) is 5.05. The highest BCUT2D eigenvalue weighted by Crippen LogP contribution is 1.99. The molecule has 0 aliphatic carbocycles. The molecule has 0 saturated carbocycles. The van der Waals surface area contributed by atoms with E-state index in [1.165, 1.54) is 0 Å². The molecule has 0 spiro atoms. The van der Waals surface area contributed by atoms with Gasteiger partial charge in [0.05, 0.1) is 26.4 Å². The molecule has 0 heterocycles. The lowest BCUT2D eigenvalue weighted by molar-refractivity contribution is -0.139. The molecule has 0 aromatic rings. The number of carbonyl (C=O) groups is 4. The zero-order valence-electron chi connectivity index (χ0n) is 15.2. The second kappa shape index (κ2) is 23.8. The van der Waals surface area contributed by atoms with Crippen LogP contribution in [0, 0.1) is 0 Å². The first-order chi connectivity index (χ1) is 12.7. The minimum Gasteiger partial charge on any atom is -0.481 e. The molecule has 11 nitrogen and oxygen atoms in total. The maximum Gasteiger partial charge on any atom is 0.303 e. The average Bonchev–Trinajstić information content (AvgIpc) is 2.57. The van der Waals surface area contributed by atoms with Crippen molar-refractivity contribution < 1.29 is 54.6 Å². The average molecular weight is 398 g/mol. The van der Waals surface area contributed by atoms with Crippen molar-refractivity contribution >= 4 is 23.9 Å². The van der Waals surface area contributed by atoms with E-state index in [-0.39, 0.29) is 38.9 Å². The molecule has 0 radical (unpaired) electrons. The number of aliphatic carboxylic acids is 4. The maximum atomic E-state index is 9.90. The Kier molecular flexibility index (Phi) is 26.0. The molecule has 11 heteroatoms. The Labute approximate surface area is 157 Å². The van der Waals surface area contributed by atoms with Crippen LogP contribution in [0.4, 0.5) is 0 Å². The summed E-state index contributed by atoms with van der Waals surface area (Å²) in [5, 5.41) is 48.7. The summed E-state index contributed by atoms with van der Waals surface area (Å²) in [5.41, 5.74) is 0. The van der Waals surface area contributed by atoms with Crippen LogP contribution in [-0.4, -0.2) is 80.9 Å². The third kappa shape index (κ3) is 45.3. The Bertz CT molecular complexity index is 328. The summed E-state index contributed by atoms with van der Waals surface area (Å²) in [6, 6.07) is 0. The van der Waals surface area contributed by atoms with E-state index in [9.17, 15) is 19.2 Å². The molecule has 0 atom stereocenters. The number of hydrogen-bond donors (Lipinski definition) is 6. The summed E-state index contributed by atoms with van der Waals surface area (Å²) >= 11 is 0. The lowest BCUT2D eigenvalue weighted by atomic mass is 10.2. The summed E-state index contributed by atoms with van der Waals surface area (Å²) in [5.74, 6) is -3.48. The van der Waals surface area contributed by atoms with Crippen LogP contribution in [-0.2, 0) is 23.9 Å². The first-order valence-corrected chi connectivity index (χ1v) is 8.33. The van der Waals surface area contributed by atoms with Crippen molar-refractivity contribution in [3.05, 3.63) is 0 Å². The van der Waals surface area contributed by atoms with Gasteiger partial charge >= 0.3 is 23.9 Å². The highest BCUT2D eigenvalue weighted by atomic mass is 16.5. The van der Waals surface area contributed by atoms with Gasteiger partial charge < -0.3 is 35.4 Å². The monoisotopic (exact) mass is 398 g/mol. The van der Waals surface area contributed by atoms with Gasteiger partial charge in [0.25, 0.3) is 0 Å². The van der Waals surface area contributed by atoms with E-state index in [0.717, 1.165) is 0 Å². The van der Waals surface area contributed by atoms with Crippen molar-refractivity contribution in [3.8, 4) is 0 Å². The van der Waals surface area contributed by atoms with Crippen molar-refractivity contribution in [2.75, 3.05) is 26.4 Å².